The van der Waals surface area contributed by atoms with E-state index in [1.165, 1.54) is 116 Å². The number of allylic oxidation sites excluding steroid dienone is 6. The molecule has 2 unspecified atom stereocenters. The van der Waals surface area contributed by atoms with E-state index in [4.69, 9.17) is 18.5 Å². The molecular weight excluding hydrogens is 673 g/mol. The molecule has 8 nitrogen and oxygen atoms in total. The fourth-order valence-electron chi connectivity index (χ4n) is 5.58. The lowest BCUT2D eigenvalue weighted by molar-refractivity contribution is -0.870. The minimum atomic E-state index is -4.27. The molecule has 0 saturated heterocycles. The van der Waals surface area contributed by atoms with Gasteiger partial charge >= 0.3 is 13.8 Å². The Labute approximate surface area is 321 Å². The van der Waals surface area contributed by atoms with E-state index in [0.29, 0.717) is 24.1 Å². The van der Waals surface area contributed by atoms with Gasteiger partial charge in [-0.05, 0) is 64.2 Å². The van der Waals surface area contributed by atoms with Crippen molar-refractivity contribution in [2.45, 2.75) is 180 Å². The van der Waals surface area contributed by atoms with Crippen molar-refractivity contribution in [3.05, 3.63) is 36.5 Å². The highest BCUT2D eigenvalue weighted by Crippen LogP contribution is 2.43. The fraction of sp³-hybridized carbons (Fsp3) is 0.837. The highest BCUT2D eigenvalue weighted by Gasteiger charge is 2.26. The number of esters is 1. The highest BCUT2D eigenvalue weighted by molar-refractivity contribution is 7.47. The normalized spacial score (nSPS) is 14.2. The largest absolute Gasteiger partial charge is 0.472 e. The van der Waals surface area contributed by atoms with E-state index in [2.05, 4.69) is 50.3 Å². The number of hydrogen-bond acceptors (Lipinski definition) is 6. The van der Waals surface area contributed by atoms with Gasteiger partial charge in [-0.15, -0.1) is 0 Å². The molecule has 0 heterocycles. The molecule has 0 amide bonds. The van der Waals surface area contributed by atoms with Crippen molar-refractivity contribution in [2.24, 2.45) is 0 Å². The lowest BCUT2D eigenvalue weighted by atomic mass is 10.1. The van der Waals surface area contributed by atoms with Crippen LogP contribution in [0.15, 0.2) is 36.5 Å². The SMILES string of the molecule is CCC/C=C\CCCCCCCCOCC(COP(=O)(O)OCC[N+](C)(C)C)OC(=O)CCCCCCCCCCC/C=C\C/C=C\CCCCC. The number of unbranched alkanes of at least 4 members (excludes halogenated alkanes) is 19. The van der Waals surface area contributed by atoms with Crippen LogP contribution in [0.4, 0.5) is 0 Å². The monoisotopic (exact) mass is 757 g/mol. The molecule has 0 aromatic heterocycles. The van der Waals surface area contributed by atoms with Gasteiger partial charge in [0.25, 0.3) is 0 Å². The van der Waals surface area contributed by atoms with Crippen LogP contribution in [-0.4, -0.2) is 75.6 Å². The number of carbonyl (C=O) groups is 1. The molecule has 1 N–H and O–H groups in total. The van der Waals surface area contributed by atoms with Gasteiger partial charge in [-0.2, -0.15) is 0 Å². The molecule has 306 valence electrons. The predicted octanol–water partition coefficient (Wildman–Crippen LogP) is 12.2. The first kappa shape index (κ1) is 50.7. The Morgan fingerprint density at radius 3 is 1.65 bits per heavy atom. The summed E-state index contributed by atoms with van der Waals surface area (Å²) in [5.74, 6) is -0.322. The third-order valence-electron chi connectivity index (χ3n) is 8.90. The van der Waals surface area contributed by atoms with Crippen molar-refractivity contribution in [3.63, 3.8) is 0 Å². The van der Waals surface area contributed by atoms with Crippen molar-refractivity contribution in [2.75, 3.05) is 54.1 Å². The number of phosphoric ester groups is 1. The molecule has 0 aliphatic carbocycles. The summed E-state index contributed by atoms with van der Waals surface area (Å²) < 4.78 is 34.9. The van der Waals surface area contributed by atoms with E-state index in [9.17, 15) is 14.3 Å². The van der Waals surface area contributed by atoms with E-state index in [1.807, 2.05) is 21.1 Å². The third-order valence-corrected chi connectivity index (χ3v) is 9.89. The quantitative estimate of drug-likeness (QED) is 0.0219. The third kappa shape index (κ3) is 39.9. The summed E-state index contributed by atoms with van der Waals surface area (Å²) in [5.41, 5.74) is 0. The fourth-order valence-corrected chi connectivity index (χ4v) is 6.33. The van der Waals surface area contributed by atoms with Gasteiger partial charge in [0.1, 0.15) is 19.3 Å². The smallest absolute Gasteiger partial charge is 0.457 e. The topological polar surface area (TPSA) is 91.3 Å². The molecule has 9 heteroatoms. The maximum Gasteiger partial charge on any atom is 0.472 e. The molecular formula is C43H83NO7P+. The first-order valence-corrected chi connectivity index (χ1v) is 22.7. The van der Waals surface area contributed by atoms with Gasteiger partial charge in [0, 0.05) is 13.0 Å². The molecule has 2 atom stereocenters. The molecule has 0 bridgehead atoms. The van der Waals surface area contributed by atoms with Crippen LogP contribution in [0.25, 0.3) is 0 Å². The maximum absolute atomic E-state index is 12.7. The Hall–Kier alpha value is -1.28. The van der Waals surface area contributed by atoms with Crippen LogP contribution in [-0.2, 0) is 27.9 Å². The zero-order valence-corrected chi connectivity index (χ0v) is 35.4. The second-order valence-corrected chi connectivity index (χ2v) is 16.8. The molecule has 0 aromatic carbocycles. The summed E-state index contributed by atoms with van der Waals surface area (Å²) >= 11 is 0. The Balaban J connectivity index is 4.21. The lowest BCUT2D eigenvalue weighted by Crippen LogP contribution is -2.37. The van der Waals surface area contributed by atoms with Crippen LogP contribution in [0.2, 0.25) is 0 Å². The predicted molar refractivity (Wildman–Crippen MR) is 220 cm³/mol. The number of ether oxygens (including phenoxy) is 2. The molecule has 52 heavy (non-hydrogen) atoms. The first-order chi connectivity index (χ1) is 25.1. The molecule has 0 saturated carbocycles. The number of nitrogens with zero attached hydrogens (tertiary/aromatic N) is 1. The number of phosphoric acid groups is 1. The van der Waals surface area contributed by atoms with Crippen molar-refractivity contribution in [1.29, 1.82) is 0 Å². The van der Waals surface area contributed by atoms with Gasteiger partial charge in [0.15, 0.2) is 0 Å². The summed E-state index contributed by atoms with van der Waals surface area (Å²) in [5, 5.41) is 0. The molecule has 0 aromatic rings. The van der Waals surface area contributed by atoms with Crippen LogP contribution in [0, 0.1) is 0 Å². The van der Waals surface area contributed by atoms with Gasteiger partial charge < -0.3 is 18.9 Å². The minimum Gasteiger partial charge on any atom is -0.457 e. The molecule has 0 spiro atoms. The van der Waals surface area contributed by atoms with E-state index in [-0.39, 0.29) is 25.8 Å². The van der Waals surface area contributed by atoms with Crippen LogP contribution < -0.4 is 0 Å². The molecule has 0 aliphatic rings. The molecule has 0 fully saturated rings. The van der Waals surface area contributed by atoms with E-state index < -0.39 is 13.9 Å². The summed E-state index contributed by atoms with van der Waals surface area (Å²) in [6, 6.07) is 0. The second-order valence-electron chi connectivity index (χ2n) is 15.4. The number of carbonyl (C=O) groups excluding carboxylic acids is 1. The Morgan fingerprint density at radius 2 is 1.10 bits per heavy atom. The maximum atomic E-state index is 12.7. The van der Waals surface area contributed by atoms with Crippen molar-refractivity contribution in [1.82, 2.24) is 0 Å². The molecule has 0 rings (SSSR count). The van der Waals surface area contributed by atoms with E-state index >= 15 is 0 Å². The van der Waals surface area contributed by atoms with E-state index in [0.717, 1.165) is 38.5 Å². The zero-order valence-electron chi connectivity index (χ0n) is 34.5. The molecule has 0 radical (unpaired) electrons. The van der Waals surface area contributed by atoms with E-state index in [1.54, 1.807) is 0 Å². The van der Waals surface area contributed by atoms with Crippen LogP contribution in [0.3, 0.4) is 0 Å². The Bertz CT molecular complexity index is 931. The van der Waals surface area contributed by atoms with Crippen molar-refractivity contribution in [3.8, 4) is 0 Å². The number of quaternary nitrogens is 1. The molecule has 0 aliphatic heterocycles. The zero-order chi connectivity index (χ0) is 38.4. The van der Waals surface area contributed by atoms with Crippen molar-refractivity contribution < 1.29 is 37.3 Å². The van der Waals surface area contributed by atoms with Crippen molar-refractivity contribution >= 4 is 13.8 Å². The average molecular weight is 757 g/mol. The Kier molecular flexibility index (Phi) is 35.8. The number of likely N-dealkylation sites (N-methyl/N-ethyl adjacent to an activating group) is 1. The van der Waals surface area contributed by atoms with Gasteiger partial charge in [0.05, 0.1) is 34.4 Å². The standard InChI is InChI=1S/C43H82NO7P/c1-6-8-10-12-14-16-18-19-20-21-22-23-24-25-26-28-30-32-34-36-43(45)51-42(41-50-52(46,47)49-39-37-44(3,4)5)40-48-38-35-33-31-29-27-17-15-13-11-9-7-2/h11,13-14,16,19-20,42H,6-10,12,15,17-18,21-41H2,1-5H3/p+1/b13-11-,16-14-,20-19-. The summed E-state index contributed by atoms with van der Waals surface area (Å²) in [6.45, 7) is 5.53. The second kappa shape index (κ2) is 36.7. The number of rotatable bonds is 39. The summed E-state index contributed by atoms with van der Waals surface area (Å²) in [6.07, 6.45) is 41.7. The summed E-state index contributed by atoms with van der Waals surface area (Å²) in [4.78, 5) is 22.8. The Morgan fingerprint density at radius 1 is 0.596 bits per heavy atom. The first-order valence-electron chi connectivity index (χ1n) is 21.2. The van der Waals surface area contributed by atoms with Crippen LogP contribution in [0.1, 0.15) is 174 Å². The van der Waals surface area contributed by atoms with Gasteiger partial charge in [0.2, 0.25) is 0 Å². The summed E-state index contributed by atoms with van der Waals surface area (Å²) in [7, 11) is 1.66. The van der Waals surface area contributed by atoms with Crippen LogP contribution >= 0.6 is 7.82 Å². The average Bonchev–Trinajstić information content (AvgIpc) is 3.09. The van der Waals surface area contributed by atoms with Gasteiger partial charge in [-0.3, -0.25) is 13.8 Å². The number of hydrogen-bond donors (Lipinski definition) is 1. The highest BCUT2D eigenvalue weighted by atomic mass is 31.2. The van der Waals surface area contributed by atoms with Gasteiger partial charge in [-0.1, -0.05) is 140 Å². The minimum absolute atomic E-state index is 0.0863. The van der Waals surface area contributed by atoms with Crippen LogP contribution in [0.5, 0.6) is 0 Å². The lowest BCUT2D eigenvalue weighted by Gasteiger charge is -2.24. The van der Waals surface area contributed by atoms with Gasteiger partial charge in [-0.25, -0.2) is 4.57 Å².